The van der Waals surface area contributed by atoms with Crippen molar-refractivity contribution in [3.63, 3.8) is 0 Å². The largest absolute Gasteiger partial charge is 0.356 e. The van der Waals surface area contributed by atoms with E-state index in [-0.39, 0.29) is 11.8 Å². The van der Waals surface area contributed by atoms with Crippen LogP contribution in [0.15, 0.2) is 5.38 Å². The van der Waals surface area contributed by atoms with Crippen LogP contribution < -0.4 is 5.32 Å². The number of thiazole rings is 1. The van der Waals surface area contributed by atoms with E-state index in [1.165, 1.54) is 0 Å². The number of aryl methyl sites for hydroxylation is 1. The first-order valence-corrected chi connectivity index (χ1v) is 5.35. The van der Waals surface area contributed by atoms with E-state index in [4.69, 9.17) is 0 Å². The molecule has 0 aromatic carbocycles. The molecule has 2 rings (SSSR count). The van der Waals surface area contributed by atoms with Crippen LogP contribution in [0.2, 0.25) is 0 Å². The predicted octanol–water partition coefficient (Wildman–Crippen LogP) is 1.45. The maximum Gasteiger partial charge on any atom is 0.229 e. The van der Waals surface area contributed by atoms with Gasteiger partial charge >= 0.3 is 0 Å². The van der Waals surface area contributed by atoms with Crippen LogP contribution in [0.1, 0.15) is 29.5 Å². The number of nitrogens with zero attached hydrogens (tertiary/aromatic N) is 1. The molecule has 1 aliphatic heterocycles. The van der Waals surface area contributed by atoms with Gasteiger partial charge in [0, 0.05) is 11.9 Å². The standard InChI is InChI=1S/C9H12N2OS/c1-6-11-8(5-13-6)7-3-2-4-10-9(7)12/h5,7H,2-4H2,1H3,(H,10,12). The van der Waals surface area contributed by atoms with Gasteiger partial charge in [-0.1, -0.05) is 0 Å². The second-order valence-electron chi connectivity index (χ2n) is 3.28. The van der Waals surface area contributed by atoms with E-state index >= 15 is 0 Å². The lowest BCUT2D eigenvalue weighted by Crippen LogP contribution is -2.35. The summed E-state index contributed by atoms with van der Waals surface area (Å²) in [6.45, 7) is 2.79. The van der Waals surface area contributed by atoms with Gasteiger partial charge in [0.15, 0.2) is 0 Å². The lowest BCUT2D eigenvalue weighted by Gasteiger charge is -2.19. The van der Waals surface area contributed by atoms with E-state index in [0.29, 0.717) is 0 Å². The van der Waals surface area contributed by atoms with Gasteiger partial charge in [0.2, 0.25) is 5.91 Å². The highest BCUT2D eigenvalue weighted by molar-refractivity contribution is 7.09. The normalized spacial score (nSPS) is 22.8. The van der Waals surface area contributed by atoms with Gasteiger partial charge in [0.25, 0.3) is 0 Å². The highest BCUT2D eigenvalue weighted by Crippen LogP contribution is 2.25. The smallest absolute Gasteiger partial charge is 0.229 e. The van der Waals surface area contributed by atoms with Crippen molar-refractivity contribution < 1.29 is 4.79 Å². The summed E-state index contributed by atoms with van der Waals surface area (Å²) in [4.78, 5) is 15.8. The van der Waals surface area contributed by atoms with Crippen molar-refractivity contribution in [1.82, 2.24) is 10.3 Å². The minimum atomic E-state index is -0.00120. The zero-order valence-electron chi connectivity index (χ0n) is 7.54. The minimum absolute atomic E-state index is 0.00120. The van der Waals surface area contributed by atoms with Crippen LogP contribution >= 0.6 is 11.3 Å². The van der Waals surface area contributed by atoms with Crippen LogP contribution in [0.3, 0.4) is 0 Å². The fourth-order valence-corrected chi connectivity index (χ4v) is 2.26. The SMILES string of the molecule is Cc1nc(C2CCCNC2=O)cs1. The molecule has 4 heteroatoms. The average Bonchev–Trinajstić information content (AvgIpc) is 2.53. The van der Waals surface area contributed by atoms with E-state index in [0.717, 1.165) is 30.1 Å². The number of aromatic nitrogens is 1. The van der Waals surface area contributed by atoms with Crippen LogP contribution in [0.25, 0.3) is 0 Å². The van der Waals surface area contributed by atoms with Crippen LogP contribution in [-0.4, -0.2) is 17.4 Å². The van der Waals surface area contributed by atoms with Crippen LogP contribution in [0.5, 0.6) is 0 Å². The zero-order chi connectivity index (χ0) is 9.26. The molecule has 1 N–H and O–H groups in total. The molecule has 1 aromatic heterocycles. The summed E-state index contributed by atoms with van der Waals surface area (Å²) in [7, 11) is 0. The Bertz CT molecular complexity index is 321. The second-order valence-corrected chi connectivity index (χ2v) is 4.34. The molecule has 1 aliphatic rings. The number of amides is 1. The Labute approximate surface area is 81.2 Å². The Morgan fingerprint density at radius 2 is 2.54 bits per heavy atom. The molecule has 1 saturated heterocycles. The van der Waals surface area contributed by atoms with Crippen molar-refractivity contribution in [2.75, 3.05) is 6.54 Å². The maximum absolute atomic E-state index is 11.5. The van der Waals surface area contributed by atoms with Crippen molar-refractivity contribution >= 4 is 17.2 Å². The van der Waals surface area contributed by atoms with Gasteiger partial charge < -0.3 is 5.32 Å². The predicted molar refractivity (Wildman–Crippen MR) is 51.8 cm³/mol. The molecule has 0 aliphatic carbocycles. The quantitative estimate of drug-likeness (QED) is 0.738. The monoisotopic (exact) mass is 196 g/mol. The van der Waals surface area contributed by atoms with E-state index in [1.807, 2.05) is 12.3 Å². The van der Waals surface area contributed by atoms with Crippen molar-refractivity contribution in [3.8, 4) is 0 Å². The van der Waals surface area contributed by atoms with E-state index < -0.39 is 0 Å². The first-order chi connectivity index (χ1) is 6.27. The topological polar surface area (TPSA) is 42.0 Å². The zero-order valence-corrected chi connectivity index (χ0v) is 8.36. The molecule has 1 unspecified atom stereocenters. The number of hydrogen-bond acceptors (Lipinski definition) is 3. The van der Waals surface area contributed by atoms with Gasteiger partial charge in [-0.2, -0.15) is 0 Å². The lowest BCUT2D eigenvalue weighted by atomic mass is 9.96. The molecule has 13 heavy (non-hydrogen) atoms. The molecular formula is C9H12N2OS. The maximum atomic E-state index is 11.5. The Morgan fingerprint density at radius 1 is 1.69 bits per heavy atom. The summed E-state index contributed by atoms with van der Waals surface area (Å²) in [5.74, 6) is 0.134. The molecule has 1 fully saturated rings. The highest BCUT2D eigenvalue weighted by atomic mass is 32.1. The van der Waals surface area contributed by atoms with Gasteiger partial charge in [-0.15, -0.1) is 11.3 Å². The number of carbonyl (C=O) groups excluding carboxylic acids is 1. The Hall–Kier alpha value is -0.900. The molecular weight excluding hydrogens is 184 g/mol. The van der Waals surface area contributed by atoms with E-state index in [9.17, 15) is 4.79 Å². The number of rotatable bonds is 1. The van der Waals surface area contributed by atoms with Gasteiger partial charge in [-0.05, 0) is 19.8 Å². The summed E-state index contributed by atoms with van der Waals surface area (Å²) >= 11 is 1.61. The van der Waals surface area contributed by atoms with Crippen LogP contribution in [0.4, 0.5) is 0 Å². The molecule has 1 atom stereocenters. The fourth-order valence-electron chi connectivity index (χ4n) is 1.59. The molecule has 0 radical (unpaired) electrons. The van der Waals surface area contributed by atoms with E-state index in [2.05, 4.69) is 10.3 Å². The molecule has 1 aromatic rings. The third-order valence-corrected chi connectivity index (χ3v) is 3.07. The molecule has 0 saturated carbocycles. The average molecular weight is 196 g/mol. The fraction of sp³-hybridized carbons (Fsp3) is 0.556. The number of nitrogens with one attached hydrogen (secondary N) is 1. The summed E-state index contributed by atoms with van der Waals surface area (Å²) in [5.41, 5.74) is 0.944. The third kappa shape index (κ3) is 1.72. The van der Waals surface area contributed by atoms with Crippen LogP contribution in [-0.2, 0) is 4.79 Å². The van der Waals surface area contributed by atoms with Gasteiger partial charge in [-0.25, -0.2) is 4.98 Å². The lowest BCUT2D eigenvalue weighted by molar-refractivity contribution is -0.123. The third-order valence-electron chi connectivity index (χ3n) is 2.28. The molecule has 0 spiro atoms. The van der Waals surface area contributed by atoms with Crippen molar-refractivity contribution in [2.24, 2.45) is 0 Å². The Balaban J connectivity index is 2.19. The number of carbonyl (C=O) groups is 1. The number of hydrogen-bond donors (Lipinski definition) is 1. The van der Waals surface area contributed by atoms with Crippen molar-refractivity contribution in [1.29, 1.82) is 0 Å². The summed E-state index contributed by atoms with van der Waals surface area (Å²) in [5, 5.41) is 5.89. The first kappa shape index (κ1) is 8.69. The Morgan fingerprint density at radius 3 is 3.15 bits per heavy atom. The van der Waals surface area contributed by atoms with Gasteiger partial charge in [0.05, 0.1) is 16.6 Å². The molecule has 0 bridgehead atoms. The molecule has 70 valence electrons. The van der Waals surface area contributed by atoms with Crippen LogP contribution in [0, 0.1) is 6.92 Å². The van der Waals surface area contributed by atoms with Crippen molar-refractivity contribution in [3.05, 3.63) is 16.1 Å². The summed E-state index contributed by atoms with van der Waals surface area (Å²) in [6, 6.07) is 0. The summed E-state index contributed by atoms with van der Waals surface area (Å²) < 4.78 is 0. The van der Waals surface area contributed by atoms with Gasteiger partial charge in [-0.3, -0.25) is 4.79 Å². The second kappa shape index (κ2) is 3.46. The molecule has 2 heterocycles. The molecule has 3 nitrogen and oxygen atoms in total. The minimum Gasteiger partial charge on any atom is -0.356 e. The highest BCUT2D eigenvalue weighted by Gasteiger charge is 2.25. The van der Waals surface area contributed by atoms with Crippen molar-refractivity contribution in [2.45, 2.75) is 25.7 Å². The Kier molecular flexibility index (Phi) is 2.31. The number of piperidine rings is 1. The van der Waals surface area contributed by atoms with Gasteiger partial charge in [0.1, 0.15) is 0 Å². The summed E-state index contributed by atoms with van der Waals surface area (Å²) in [6.07, 6.45) is 2.00. The molecule has 1 amide bonds. The first-order valence-electron chi connectivity index (χ1n) is 4.47. The van der Waals surface area contributed by atoms with E-state index in [1.54, 1.807) is 11.3 Å².